The first kappa shape index (κ1) is 18.4. The lowest BCUT2D eigenvalue weighted by atomic mass is 10.1. The second kappa shape index (κ2) is 7.87. The van der Waals surface area contributed by atoms with Gasteiger partial charge in [-0.05, 0) is 51.3 Å². The number of amides is 1. The molecule has 2 saturated heterocycles. The van der Waals surface area contributed by atoms with Crippen LogP contribution in [0.2, 0.25) is 0 Å². The Kier molecular flexibility index (Phi) is 5.79. The van der Waals surface area contributed by atoms with Gasteiger partial charge in [-0.25, -0.2) is 8.42 Å². The van der Waals surface area contributed by atoms with E-state index < -0.39 is 9.84 Å². The Morgan fingerprint density at radius 1 is 1.16 bits per heavy atom. The predicted molar refractivity (Wildman–Crippen MR) is 99.3 cm³/mol. The Labute approximate surface area is 150 Å². The molecule has 0 aliphatic carbocycles. The van der Waals surface area contributed by atoms with Crippen molar-refractivity contribution in [1.82, 2.24) is 10.2 Å². The normalized spacial score (nSPS) is 26.0. The van der Waals surface area contributed by atoms with Crippen molar-refractivity contribution in [2.24, 2.45) is 0 Å². The van der Waals surface area contributed by atoms with Gasteiger partial charge in [0.05, 0.1) is 17.5 Å². The monoisotopic (exact) mass is 364 g/mol. The number of hydrogen-bond donors (Lipinski definition) is 1. The average Bonchev–Trinajstić information content (AvgIpc) is 3.17. The molecule has 3 rings (SSSR count). The van der Waals surface area contributed by atoms with Crippen LogP contribution in [-0.2, 0) is 21.1 Å². The van der Waals surface area contributed by atoms with Crippen LogP contribution in [0.15, 0.2) is 24.3 Å². The summed E-state index contributed by atoms with van der Waals surface area (Å²) in [7, 11) is -3.05. The van der Waals surface area contributed by atoms with E-state index in [2.05, 4.69) is 41.4 Å². The highest BCUT2D eigenvalue weighted by Crippen LogP contribution is 2.22. The molecule has 1 aromatic rings. The van der Waals surface area contributed by atoms with Gasteiger partial charge >= 0.3 is 0 Å². The van der Waals surface area contributed by atoms with Crippen molar-refractivity contribution in [3.05, 3.63) is 35.4 Å². The SMILES string of the molecule is Cc1ccc(CCCC(=O)NC2CS(=O)(=O)CC2N2CCCC2)cc1. The lowest BCUT2D eigenvalue weighted by Crippen LogP contribution is -2.50. The van der Waals surface area contributed by atoms with Crippen LogP contribution in [0.25, 0.3) is 0 Å². The van der Waals surface area contributed by atoms with Crippen molar-refractivity contribution in [3.8, 4) is 0 Å². The van der Waals surface area contributed by atoms with Gasteiger partial charge in [0.25, 0.3) is 0 Å². The smallest absolute Gasteiger partial charge is 0.220 e. The van der Waals surface area contributed by atoms with Gasteiger partial charge < -0.3 is 5.32 Å². The van der Waals surface area contributed by atoms with E-state index in [0.29, 0.717) is 6.42 Å². The van der Waals surface area contributed by atoms with Gasteiger partial charge in [0, 0.05) is 12.5 Å². The molecular weight excluding hydrogens is 336 g/mol. The number of nitrogens with one attached hydrogen (secondary N) is 1. The van der Waals surface area contributed by atoms with E-state index in [1.807, 2.05) is 0 Å². The maximum Gasteiger partial charge on any atom is 0.220 e. The van der Waals surface area contributed by atoms with Crippen LogP contribution in [0.4, 0.5) is 0 Å². The number of likely N-dealkylation sites (tertiary alicyclic amines) is 1. The molecule has 25 heavy (non-hydrogen) atoms. The number of benzene rings is 1. The fourth-order valence-electron chi connectivity index (χ4n) is 3.89. The first-order chi connectivity index (χ1) is 11.9. The molecule has 0 spiro atoms. The zero-order valence-corrected chi connectivity index (χ0v) is 15.7. The maximum absolute atomic E-state index is 12.3. The fourth-order valence-corrected chi connectivity index (χ4v) is 5.84. The number of carbonyl (C=O) groups excluding carboxylic acids is 1. The molecule has 0 aromatic heterocycles. The quantitative estimate of drug-likeness (QED) is 0.834. The minimum atomic E-state index is -3.05. The Morgan fingerprint density at radius 2 is 1.84 bits per heavy atom. The van der Waals surface area contributed by atoms with Crippen molar-refractivity contribution >= 4 is 15.7 Å². The Morgan fingerprint density at radius 3 is 2.52 bits per heavy atom. The van der Waals surface area contributed by atoms with Crippen LogP contribution in [0.3, 0.4) is 0 Å². The van der Waals surface area contributed by atoms with E-state index >= 15 is 0 Å². The van der Waals surface area contributed by atoms with Crippen molar-refractivity contribution in [1.29, 1.82) is 0 Å². The number of nitrogens with zero attached hydrogens (tertiary/aromatic N) is 1. The standard InChI is InChI=1S/C19H28N2O3S/c1-15-7-9-16(10-8-15)5-4-6-19(22)20-17-13-25(23,24)14-18(17)21-11-2-3-12-21/h7-10,17-18H,2-6,11-14H2,1H3,(H,20,22). The Bertz CT molecular complexity index is 694. The second-order valence-electron chi connectivity index (χ2n) is 7.40. The van der Waals surface area contributed by atoms with Gasteiger partial charge in [0.1, 0.15) is 0 Å². The molecule has 0 saturated carbocycles. The fraction of sp³-hybridized carbons (Fsp3) is 0.632. The summed E-state index contributed by atoms with van der Waals surface area (Å²) in [4.78, 5) is 14.5. The largest absolute Gasteiger partial charge is 0.351 e. The van der Waals surface area contributed by atoms with Crippen LogP contribution in [0.5, 0.6) is 0 Å². The molecule has 2 unspecified atom stereocenters. The van der Waals surface area contributed by atoms with Gasteiger partial charge in [-0.2, -0.15) is 0 Å². The predicted octanol–water partition coefficient (Wildman–Crippen LogP) is 1.70. The summed E-state index contributed by atoms with van der Waals surface area (Å²) in [5, 5.41) is 3.00. The molecule has 5 nitrogen and oxygen atoms in total. The summed E-state index contributed by atoms with van der Waals surface area (Å²) in [5.74, 6) is 0.234. The highest BCUT2D eigenvalue weighted by Gasteiger charge is 2.42. The molecule has 138 valence electrons. The summed E-state index contributed by atoms with van der Waals surface area (Å²) in [6, 6.07) is 8.06. The van der Waals surface area contributed by atoms with E-state index in [0.717, 1.165) is 38.8 Å². The molecule has 1 aromatic carbocycles. The molecule has 2 aliphatic heterocycles. The van der Waals surface area contributed by atoms with Crippen molar-refractivity contribution in [2.45, 2.75) is 51.1 Å². The van der Waals surface area contributed by atoms with E-state index in [4.69, 9.17) is 0 Å². The summed E-state index contributed by atoms with van der Waals surface area (Å²) < 4.78 is 24.1. The lowest BCUT2D eigenvalue weighted by Gasteiger charge is -2.28. The zero-order chi connectivity index (χ0) is 17.9. The first-order valence-corrected chi connectivity index (χ1v) is 11.0. The highest BCUT2D eigenvalue weighted by molar-refractivity contribution is 7.91. The second-order valence-corrected chi connectivity index (χ2v) is 9.55. The van der Waals surface area contributed by atoms with Gasteiger partial charge in [0.2, 0.25) is 5.91 Å². The van der Waals surface area contributed by atoms with E-state index in [9.17, 15) is 13.2 Å². The molecule has 1 N–H and O–H groups in total. The van der Waals surface area contributed by atoms with Crippen molar-refractivity contribution in [3.63, 3.8) is 0 Å². The van der Waals surface area contributed by atoms with Crippen LogP contribution < -0.4 is 5.32 Å². The maximum atomic E-state index is 12.3. The average molecular weight is 365 g/mol. The van der Waals surface area contributed by atoms with E-state index in [1.165, 1.54) is 11.1 Å². The first-order valence-electron chi connectivity index (χ1n) is 9.22. The minimum absolute atomic E-state index is 0.0293. The van der Waals surface area contributed by atoms with Crippen molar-refractivity contribution in [2.75, 3.05) is 24.6 Å². The van der Waals surface area contributed by atoms with Gasteiger partial charge in [-0.15, -0.1) is 0 Å². The summed E-state index contributed by atoms with van der Waals surface area (Å²) >= 11 is 0. The third-order valence-electron chi connectivity index (χ3n) is 5.27. The topological polar surface area (TPSA) is 66.5 Å². The number of hydrogen-bond acceptors (Lipinski definition) is 4. The van der Waals surface area contributed by atoms with Crippen LogP contribution in [0, 0.1) is 6.92 Å². The number of carbonyl (C=O) groups is 1. The number of sulfone groups is 1. The molecule has 2 atom stereocenters. The molecule has 1 amide bonds. The lowest BCUT2D eigenvalue weighted by molar-refractivity contribution is -0.122. The number of aryl methyl sites for hydroxylation is 2. The summed E-state index contributed by atoms with van der Waals surface area (Å²) in [6.07, 6.45) is 4.33. The van der Waals surface area contributed by atoms with Gasteiger partial charge in [-0.3, -0.25) is 9.69 Å². The molecule has 0 radical (unpaired) electrons. The van der Waals surface area contributed by atoms with Crippen molar-refractivity contribution < 1.29 is 13.2 Å². The minimum Gasteiger partial charge on any atom is -0.351 e. The van der Waals surface area contributed by atoms with E-state index in [-0.39, 0.29) is 29.5 Å². The van der Waals surface area contributed by atoms with Gasteiger partial charge in [0.15, 0.2) is 9.84 Å². The highest BCUT2D eigenvalue weighted by atomic mass is 32.2. The van der Waals surface area contributed by atoms with Crippen LogP contribution >= 0.6 is 0 Å². The third kappa shape index (κ3) is 5.05. The third-order valence-corrected chi connectivity index (χ3v) is 6.98. The Hall–Kier alpha value is -1.40. The molecule has 2 aliphatic rings. The zero-order valence-electron chi connectivity index (χ0n) is 14.9. The summed E-state index contributed by atoms with van der Waals surface area (Å²) in [5.41, 5.74) is 2.47. The van der Waals surface area contributed by atoms with Crippen LogP contribution in [0.1, 0.15) is 36.8 Å². The Balaban J connectivity index is 1.49. The number of rotatable bonds is 6. The van der Waals surface area contributed by atoms with Gasteiger partial charge in [-0.1, -0.05) is 29.8 Å². The molecule has 0 bridgehead atoms. The summed E-state index contributed by atoms with van der Waals surface area (Å²) in [6.45, 7) is 3.95. The molecule has 2 heterocycles. The molecular formula is C19H28N2O3S. The molecule has 6 heteroatoms. The van der Waals surface area contributed by atoms with Crippen LogP contribution in [-0.4, -0.2) is 55.9 Å². The molecule has 2 fully saturated rings. The van der Waals surface area contributed by atoms with E-state index in [1.54, 1.807) is 0 Å².